The molecule has 2 unspecified atom stereocenters. The molecule has 0 aromatic rings. The highest BCUT2D eigenvalue weighted by atomic mass is 31.3. The molecule has 0 radical (unpaired) electrons. The minimum absolute atomic E-state index is 0.495. The van der Waals surface area contributed by atoms with Crippen LogP contribution in [0.1, 0.15) is 6.42 Å². The smallest absolute Gasteiger partial charge is 0.394 e. The maximum absolute atomic E-state index is 11.3. The number of ether oxygens (including phenoxy) is 1. The summed E-state index contributed by atoms with van der Waals surface area (Å²) in [5.74, 6) is 0. The molecule has 1 fully saturated rings. The van der Waals surface area contributed by atoms with Crippen LogP contribution in [-0.2, 0) is 31.8 Å². The second-order valence-corrected chi connectivity index (χ2v) is 7.78. The molecule has 4 atom stereocenters. The van der Waals surface area contributed by atoms with Crippen molar-refractivity contribution in [1.82, 2.24) is 0 Å². The first-order valence-corrected chi connectivity index (χ1v) is 9.65. The number of phosphoric acid groups is 3. The van der Waals surface area contributed by atoms with Gasteiger partial charge in [-0.2, -0.15) is 4.31 Å². The molecule has 0 amide bonds. The largest absolute Gasteiger partial charge is 0.483 e. The van der Waals surface area contributed by atoms with E-state index >= 15 is 0 Å². The zero-order valence-electron chi connectivity index (χ0n) is 10.0. The summed E-state index contributed by atoms with van der Waals surface area (Å²) in [7, 11) is -15.4. The van der Waals surface area contributed by atoms with Crippen LogP contribution in [0.4, 0.5) is 0 Å². The fourth-order valence-corrected chi connectivity index (χ4v) is 3.73. The summed E-state index contributed by atoms with van der Waals surface area (Å²) in [6, 6.07) is 0. The van der Waals surface area contributed by atoms with Gasteiger partial charge in [0.1, 0.15) is 12.2 Å². The predicted molar refractivity (Wildman–Crippen MR) is 61.3 cm³/mol. The number of hydrogen-bond donors (Lipinski definition) is 6. The van der Waals surface area contributed by atoms with Crippen LogP contribution >= 0.6 is 23.5 Å². The van der Waals surface area contributed by atoms with Crippen molar-refractivity contribution in [1.29, 1.82) is 0 Å². The van der Waals surface area contributed by atoms with Crippen molar-refractivity contribution in [2.45, 2.75) is 24.9 Å². The Labute approximate surface area is 117 Å². The first-order chi connectivity index (χ1) is 9.31. The zero-order chi connectivity index (χ0) is 16.5. The molecule has 0 spiro atoms. The fourth-order valence-electron chi connectivity index (χ4n) is 1.50. The average Bonchev–Trinajstić information content (AvgIpc) is 2.52. The van der Waals surface area contributed by atoms with E-state index in [1.54, 1.807) is 0 Å². The summed E-state index contributed by atoms with van der Waals surface area (Å²) in [6.07, 6.45) is -4.78. The molecule has 0 aromatic heterocycles. The van der Waals surface area contributed by atoms with Crippen LogP contribution in [0.3, 0.4) is 0 Å². The van der Waals surface area contributed by atoms with Gasteiger partial charge >= 0.3 is 23.5 Å². The van der Waals surface area contributed by atoms with E-state index in [9.17, 15) is 13.7 Å². The number of aliphatic hydroxyl groups excluding tert-OH is 1. The molecule has 0 saturated carbocycles. The van der Waals surface area contributed by atoms with Crippen molar-refractivity contribution in [3.05, 3.63) is 0 Å². The zero-order valence-corrected chi connectivity index (χ0v) is 12.7. The van der Waals surface area contributed by atoms with Gasteiger partial charge in [-0.05, 0) is 0 Å². The highest BCUT2D eigenvalue weighted by molar-refractivity contribution is 7.60. The Morgan fingerprint density at radius 3 is 2.00 bits per heavy atom. The van der Waals surface area contributed by atoms with E-state index in [0.29, 0.717) is 0 Å². The molecule has 1 heterocycles. The Morgan fingerprint density at radius 2 is 1.57 bits per heavy atom. The third-order valence-corrected chi connectivity index (χ3v) is 4.80. The average molecular weight is 374 g/mol. The van der Waals surface area contributed by atoms with Crippen molar-refractivity contribution in [3.8, 4) is 0 Å². The van der Waals surface area contributed by atoms with Gasteiger partial charge in [0.15, 0.2) is 6.29 Å². The molecule has 1 rings (SSSR count). The molecule has 0 aliphatic carbocycles. The molecular formula is C5H13O13P3. The topological polar surface area (TPSA) is 210 Å². The van der Waals surface area contributed by atoms with Crippen LogP contribution in [0, 0.1) is 0 Å². The van der Waals surface area contributed by atoms with E-state index in [-0.39, 0.29) is 0 Å². The van der Waals surface area contributed by atoms with Crippen molar-refractivity contribution in [3.63, 3.8) is 0 Å². The molecule has 0 bridgehead atoms. The minimum atomic E-state index is -5.31. The monoisotopic (exact) mass is 374 g/mol. The van der Waals surface area contributed by atoms with Crippen LogP contribution in [0.25, 0.3) is 0 Å². The van der Waals surface area contributed by atoms with Gasteiger partial charge in [0.2, 0.25) is 0 Å². The van der Waals surface area contributed by atoms with Crippen molar-refractivity contribution in [2.75, 3.05) is 6.61 Å². The number of rotatable bonds is 7. The lowest BCUT2D eigenvalue weighted by Crippen LogP contribution is -2.27. The normalized spacial score (nSPS) is 30.3. The molecule has 16 heteroatoms. The Morgan fingerprint density at radius 1 is 1.00 bits per heavy atom. The van der Waals surface area contributed by atoms with E-state index < -0.39 is 55.0 Å². The van der Waals surface area contributed by atoms with Gasteiger partial charge in [0, 0.05) is 6.42 Å². The summed E-state index contributed by atoms with van der Waals surface area (Å²) >= 11 is 0. The van der Waals surface area contributed by atoms with Crippen molar-refractivity contribution >= 4 is 23.5 Å². The predicted octanol–water partition coefficient (Wildman–Crippen LogP) is -1.20. The lowest BCUT2D eigenvalue weighted by atomic mass is 10.2. The van der Waals surface area contributed by atoms with E-state index in [0.717, 1.165) is 0 Å². The minimum Gasteiger partial charge on any atom is -0.394 e. The van der Waals surface area contributed by atoms with E-state index in [2.05, 4.69) is 13.4 Å². The van der Waals surface area contributed by atoms with Crippen molar-refractivity contribution in [2.24, 2.45) is 0 Å². The highest BCUT2D eigenvalue weighted by Crippen LogP contribution is 2.59. The van der Waals surface area contributed by atoms with Gasteiger partial charge in [-0.1, -0.05) is 0 Å². The lowest BCUT2D eigenvalue weighted by Gasteiger charge is -2.17. The van der Waals surface area contributed by atoms with Crippen LogP contribution in [0.2, 0.25) is 0 Å². The first-order valence-electron chi connectivity index (χ1n) is 5.10. The summed E-state index contributed by atoms with van der Waals surface area (Å²) in [4.78, 5) is 43.2. The molecule has 1 aliphatic rings. The summed E-state index contributed by atoms with van der Waals surface area (Å²) in [5, 5.41) is 8.94. The van der Waals surface area contributed by atoms with Crippen LogP contribution in [0.15, 0.2) is 0 Å². The van der Waals surface area contributed by atoms with E-state index in [4.69, 9.17) is 34.3 Å². The molecular weight excluding hydrogens is 361 g/mol. The Kier molecular flexibility index (Phi) is 6.27. The molecule has 6 N–H and O–H groups in total. The summed E-state index contributed by atoms with van der Waals surface area (Å²) < 4.78 is 49.3. The Balaban J connectivity index is 2.68. The SMILES string of the molecule is O=P(O)(O)O[C@H]1CC(OP(=O)(O)OP(=O)(O)O)O[C@@H]1CO. The first kappa shape index (κ1) is 19.3. The third-order valence-electron chi connectivity index (χ3n) is 2.08. The van der Waals surface area contributed by atoms with Crippen molar-refractivity contribution < 1.29 is 61.4 Å². The fraction of sp³-hybridized carbons (Fsp3) is 1.00. The highest BCUT2D eigenvalue weighted by Gasteiger charge is 2.44. The van der Waals surface area contributed by atoms with E-state index in [1.165, 1.54) is 0 Å². The Bertz CT molecular complexity index is 492. The van der Waals surface area contributed by atoms with Crippen LogP contribution in [-0.4, -0.2) is 54.7 Å². The van der Waals surface area contributed by atoms with Crippen LogP contribution < -0.4 is 0 Å². The molecule has 126 valence electrons. The molecule has 21 heavy (non-hydrogen) atoms. The maximum Gasteiger partial charge on any atom is 0.483 e. The standard InChI is InChI=1S/C5H13O13P3/c6-2-4-3(16-19(7,8)9)1-5(15-4)17-21(13,14)18-20(10,11)12/h3-6H,1-2H2,(H,13,14)(H2,7,8,9)(H2,10,11,12)/t3-,4+,5?/m0/s1. The van der Waals surface area contributed by atoms with Gasteiger partial charge in [0.25, 0.3) is 0 Å². The number of phosphoric ester groups is 2. The lowest BCUT2D eigenvalue weighted by molar-refractivity contribution is -0.101. The Hall–Kier alpha value is 0.290. The quantitative estimate of drug-likeness (QED) is 0.289. The number of aliphatic hydroxyl groups is 1. The summed E-state index contributed by atoms with van der Waals surface area (Å²) in [6.45, 7) is -0.750. The van der Waals surface area contributed by atoms with Gasteiger partial charge in [-0.25, -0.2) is 13.7 Å². The van der Waals surface area contributed by atoms with Gasteiger partial charge < -0.3 is 34.3 Å². The van der Waals surface area contributed by atoms with E-state index in [1.807, 2.05) is 0 Å². The third kappa shape index (κ3) is 7.40. The second kappa shape index (κ2) is 6.81. The molecule has 13 nitrogen and oxygen atoms in total. The molecule has 0 aromatic carbocycles. The molecule has 1 saturated heterocycles. The van der Waals surface area contributed by atoms with Gasteiger partial charge in [-0.3, -0.25) is 9.05 Å². The van der Waals surface area contributed by atoms with Gasteiger partial charge in [-0.15, -0.1) is 0 Å². The maximum atomic E-state index is 11.3. The summed E-state index contributed by atoms with van der Waals surface area (Å²) in [5.41, 5.74) is 0. The number of hydrogen-bond acceptors (Lipinski definition) is 8. The molecule has 1 aliphatic heterocycles. The van der Waals surface area contributed by atoms with Gasteiger partial charge in [0.05, 0.1) is 6.61 Å². The van der Waals surface area contributed by atoms with Crippen LogP contribution in [0.5, 0.6) is 0 Å². The second-order valence-electron chi connectivity index (χ2n) is 3.80.